The van der Waals surface area contributed by atoms with Gasteiger partial charge in [0.05, 0.1) is 7.11 Å². The smallest absolute Gasteiger partial charge is 0.325 e. The number of nitrogens with zero attached hydrogens (tertiary/aromatic N) is 1. The molecule has 1 aromatic carbocycles. The van der Waals surface area contributed by atoms with E-state index in [0.29, 0.717) is 5.25 Å². The summed E-state index contributed by atoms with van der Waals surface area (Å²) >= 11 is 1.83. The van der Waals surface area contributed by atoms with E-state index in [4.69, 9.17) is 0 Å². The lowest BCUT2D eigenvalue weighted by molar-refractivity contribution is -0.138. The van der Waals surface area contributed by atoms with Crippen LogP contribution in [0.25, 0.3) is 0 Å². The lowest BCUT2D eigenvalue weighted by Crippen LogP contribution is -2.26. The Hall–Kier alpha value is -1.16. The molecular formula is C13H19NO2S. The molecule has 17 heavy (non-hydrogen) atoms. The number of methoxy groups -OCH3 is 1. The predicted molar refractivity (Wildman–Crippen MR) is 72.7 cm³/mol. The molecule has 0 atom stereocenters. The molecule has 0 bridgehead atoms. The Bertz CT molecular complexity index is 362. The average molecular weight is 253 g/mol. The van der Waals surface area contributed by atoms with Gasteiger partial charge in [0.25, 0.3) is 0 Å². The highest BCUT2D eigenvalue weighted by Gasteiger charge is 2.07. The van der Waals surface area contributed by atoms with E-state index in [1.165, 1.54) is 12.0 Å². The van der Waals surface area contributed by atoms with Crippen LogP contribution in [0.15, 0.2) is 29.2 Å². The lowest BCUT2D eigenvalue weighted by atomic mass is 10.3. The van der Waals surface area contributed by atoms with E-state index in [0.717, 1.165) is 5.69 Å². The number of thioether (sulfide) groups is 1. The van der Waals surface area contributed by atoms with Gasteiger partial charge in [-0.3, -0.25) is 4.79 Å². The molecule has 0 unspecified atom stereocenters. The van der Waals surface area contributed by atoms with Crippen LogP contribution < -0.4 is 4.90 Å². The van der Waals surface area contributed by atoms with Gasteiger partial charge in [-0.1, -0.05) is 13.8 Å². The predicted octanol–water partition coefficient (Wildman–Crippen LogP) is 2.80. The van der Waals surface area contributed by atoms with Gasteiger partial charge in [-0.2, -0.15) is 0 Å². The zero-order valence-electron chi connectivity index (χ0n) is 10.8. The fourth-order valence-electron chi connectivity index (χ4n) is 1.40. The van der Waals surface area contributed by atoms with Gasteiger partial charge in [0, 0.05) is 22.9 Å². The van der Waals surface area contributed by atoms with Crippen LogP contribution in [0, 0.1) is 0 Å². The molecule has 0 aliphatic heterocycles. The first-order valence-electron chi connectivity index (χ1n) is 5.57. The molecule has 0 aromatic heterocycles. The molecule has 0 aliphatic rings. The van der Waals surface area contributed by atoms with Crippen molar-refractivity contribution in [1.82, 2.24) is 0 Å². The topological polar surface area (TPSA) is 29.5 Å². The van der Waals surface area contributed by atoms with Crippen LogP contribution in [0.4, 0.5) is 5.69 Å². The quantitative estimate of drug-likeness (QED) is 0.596. The van der Waals surface area contributed by atoms with Crippen molar-refractivity contribution < 1.29 is 9.53 Å². The Labute approximate surface area is 107 Å². The molecule has 0 spiro atoms. The SMILES string of the molecule is COC(=O)CN(C)c1ccc(SC(C)C)cc1. The number of ether oxygens (including phenoxy) is 1. The summed E-state index contributed by atoms with van der Waals surface area (Å²) in [4.78, 5) is 14.3. The number of esters is 1. The maximum absolute atomic E-state index is 11.1. The van der Waals surface area contributed by atoms with Crippen molar-refractivity contribution in [2.75, 3.05) is 25.6 Å². The third-order valence-electron chi connectivity index (χ3n) is 2.24. The summed E-state index contributed by atoms with van der Waals surface area (Å²) in [6.45, 7) is 4.61. The third kappa shape index (κ3) is 4.69. The van der Waals surface area contributed by atoms with Gasteiger partial charge in [0.1, 0.15) is 6.54 Å². The molecular weight excluding hydrogens is 234 g/mol. The van der Waals surface area contributed by atoms with E-state index in [9.17, 15) is 4.79 Å². The van der Waals surface area contributed by atoms with Gasteiger partial charge < -0.3 is 9.64 Å². The molecule has 94 valence electrons. The van der Waals surface area contributed by atoms with Crippen molar-refractivity contribution in [3.05, 3.63) is 24.3 Å². The molecule has 0 fully saturated rings. The Kier molecular flexibility index (Phi) is 5.35. The number of hydrogen-bond donors (Lipinski definition) is 0. The Balaban J connectivity index is 2.63. The van der Waals surface area contributed by atoms with Gasteiger partial charge in [0.2, 0.25) is 0 Å². The summed E-state index contributed by atoms with van der Waals surface area (Å²) in [5.41, 5.74) is 1.02. The van der Waals surface area contributed by atoms with E-state index in [1.807, 2.05) is 35.8 Å². The number of hydrogen-bond acceptors (Lipinski definition) is 4. The minimum Gasteiger partial charge on any atom is -0.468 e. The molecule has 0 aliphatic carbocycles. The van der Waals surface area contributed by atoms with Crippen LogP contribution >= 0.6 is 11.8 Å². The zero-order valence-corrected chi connectivity index (χ0v) is 11.6. The molecule has 3 nitrogen and oxygen atoms in total. The molecule has 1 rings (SSSR count). The molecule has 4 heteroatoms. The van der Waals surface area contributed by atoms with Crippen LogP contribution in [-0.2, 0) is 9.53 Å². The maximum atomic E-state index is 11.1. The first-order valence-corrected chi connectivity index (χ1v) is 6.45. The first-order chi connectivity index (χ1) is 8.02. The monoisotopic (exact) mass is 253 g/mol. The van der Waals surface area contributed by atoms with Gasteiger partial charge >= 0.3 is 5.97 Å². The Morgan fingerprint density at radius 3 is 2.41 bits per heavy atom. The molecule has 0 saturated carbocycles. The summed E-state index contributed by atoms with van der Waals surface area (Å²) < 4.78 is 4.63. The van der Waals surface area contributed by atoms with E-state index >= 15 is 0 Å². The van der Waals surface area contributed by atoms with Gasteiger partial charge in [-0.15, -0.1) is 11.8 Å². The normalized spacial score (nSPS) is 10.4. The van der Waals surface area contributed by atoms with Gasteiger partial charge in [-0.25, -0.2) is 0 Å². The highest BCUT2D eigenvalue weighted by molar-refractivity contribution is 7.99. The number of carbonyl (C=O) groups is 1. The molecule has 0 N–H and O–H groups in total. The fourth-order valence-corrected chi connectivity index (χ4v) is 2.24. The second kappa shape index (κ2) is 6.55. The maximum Gasteiger partial charge on any atom is 0.325 e. The minimum absolute atomic E-state index is 0.229. The van der Waals surface area contributed by atoms with Crippen molar-refractivity contribution in [2.45, 2.75) is 24.0 Å². The van der Waals surface area contributed by atoms with E-state index in [1.54, 1.807) is 0 Å². The fraction of sp³-hybridized carbons (Fsp3) is 0.462. The van der Waals surface area contributed by atoms with Crippen molar-refractivity contribution >= 4 is 23.4 Å². The van der Waals surface area contributed by atoms with Crippen molar-refractivity contribution in [3.8, 4) is 0 Å². The molecule has 0 saturated heterocycles. The summed E-state index contributed by atoms with van der Waals surface area (Å²) in [5, 5.41) is 0.577. The first kappa shape index (κ1) is 13.9. The largest absolute Gasteiger partial charge is 0.468 e. The van der Waals surface area contributed by atoms with Crippen LogP contribution in [0.1, 0.15) is 13.8 Å². The average Bonchev–Trinajstić information content (AvgIpc) is 2.28. The van der Waals surface area contributed by atoms with Crippen molar-refractivity contribution in [3.63, 3.8) is 0 Å². The number of likely N-dealkylation sites (N-methyl/N-ethyl adjacent to an activating group) is 1. The van der Waals surface area contributed by atoms with E-state index < -0.39 is 0 Å². The summed E-state index contributed by atoms with van der Waals surface area (Å²) in [6.07, 6.45) is 0. The Morgan fingerprint density at radius 1 is 1.35 bits per heavy atom. The van der Waals surface area contributed by atoms with Crippen LogP contribution in [-0.4, -0.2) is 31.9 Å². The lowest BCUT2D eigenvalue weighted by Gasteiger charge is -2.18. The number of carbonyl (C=O) groups excluding carboxylic acids is 1. The number of benzene rings is 1. The highest BCUT2D eigenvalue weighted by Crippen LogP contribution is 2.25. The van der Waals surface area contributed by atoms with Crippen LogP contribution in [0.2, 0.25) is 0 Å². The number of anilines is 1. The molecule has 0 radical (unpaired) electrons. The minimum atomic E-state index is -0.229. The third-order valence-corrected chi connectivity index (χ3v) is 3.26. The molecule has 1 aromatic rings. The van der Waals surface area contributed by atoms with Gasteiger partial charge in [-0.05, 0) is 24.3 Å². The zero-order chi connectivity index (χ0) is 12.8. The van der Waals surface area contributed by atoms with Crippen molar-refractivity contribution in [2.24, 2.45) is 0 Å². The van der Waals surface area contributed by atoms with Crippen LogP contribution in [0.5, 0.6) is 0 Å². The number of rotatable bonds is 5. The summed E-state index contributed by atoms with van der Waals surface area (Å²) in [5.74, 6) is -0.229. The van der Waals surface area contributed by atoms with E-state index in [2.05, 4.69) is 30.7 Å². The second-order valence-electron chi connectivity index (χ2n) is 4.09. The summed E-state index contributed by atoms with van der Waals surface area (Å²) in [6, 6.07) is 8.20. The summed E-state index contributed by atoms with van der Waals surface area (Å²) in [7, 11) is 3.28. The Morgan fingerprint density at radius 2 is 1.94 bits per heavy atom. The van der Waals surface area contributed by atoms with Crippen molar-refractivity contribution in [1.29, 1.82) is 0 Å². The standard InChI is InChI=1S/C13H19NO2S/c1-10(2)17-12-7-5-11(6-8-12)14(3)9-13(15)16-4/h5-8,10H,9H2,1-4H3. The highest BCUT2D eigenvalue weighted by atomic mass is 32.2. The van der Waals surface area contributed by atoms with E-state index in [-0.39, 0.29) is 12.5 Å². The molecule has 0 heterocycles. The van der Waals surface area contributed by atoms with Crippen LogP contribution in [0.3, 0.4) is 0 Å². The van der Waals surface area contributed by atoms with Gasteiger partial charge in [0.15, 0.2) is 0 Å². The molecule has 0 amide bonds. The second-order valence-corrected chi connectivity index (χ2v) is 5.74.